The number of nitrogens with one attached hydrogen (secondary N) is 1. The molecule has 0 bridgehead atoms. The Balaban J connectivity index is 3.14. The summed E-state index contributed by atoms with van der Waals surface area (Å²) >= 11 is 0. The molecular weight excluding hydrogens is 215 g/mol. The molecule has 0 saturated carbocycles. The average Bonchev–Trinajstić information content (AvgIpc) is 2.25. The van der Waals surface area contributed by atoms with Gasteiger partial charge in [0.2, 0.25) is 0 Å². The van der Waals surface area contributed by atoms with E-state index in [0.717, 1.165) is 6.07 Å². The zero-order chi connectivity index (χ0) is 12.2. The van der Waals surface area contributed by atoms with Gasteiger partial charge in [0.25, 0.3) is 0 Å². The van der Waals surface area contributed by atoms with Crippen LogP contribution in [0.5, 0.6) is 0 Å². The van der Waals surface area contributed by atoms with Crippen molar-refractivity contribution in [1.82, 2.24) is 5.32 Å². The zero-order valence-corrected chi connectivity index (χ0v) is 8.48. The van der Waals surface area contributed by atoms with Crippen LogP contribution in [-0.4, -0.2) is 29.5 Å². The molecule has 1 aromatic carbocycles. The van der Waals surface area contributed by atoms with Crippen LogP contribution in [0, 0.1) is 5.82 Å². The Morgan fingerprint density at radius 3 is 2.69 bits per heavy atom. The Kier molecular flexibility index (Phi) is 3.81. The van der Waals surface area contributed by atoms with Crippen molar-refractivity contribution in [2.75, 3.05) is 13.2 Å². The fourth-order valence-corrected chi connectivity index (χ4v) is 1.43. The van der Waals surface area contributed by atoms with Crippen LogP contribution in [0.1, 0.15) is 5.56 Å². The number of rotatable bonds is 4. The van der Waals surface area contributed by atoms with E-state index in [-0.39, 0.29) is 6.54 Å². The quantitative estimate of drug-likeness (QED) is 0.593. The third-order valence-corrected chi connectivity index (χ3v) is 2.34. The van der Waals surface area contributed by atoms with E-state index in [4.69, 9.17) is 10.8 Å². The van der Waals surface area contributed by atoms with Gasteiger partial charge in [0.15, 0.2) is 0 Å². The maximum atomic E-state index is 13.0. The van der Waals surface area contributed by atoms with Gasteiger partial charge in [-0.25, -0.2) is 9.18 Å². The van der Waals surface area contributed by atoms with Gasteiger partial charge < -0.3 is 21.3 Å². The smallest absolute Gasteiger partial charge is 0.405 e. The SMILES string of the molecule is NCC(CO)(NC(=O)O)c1cccc(F)c1. The summed E-state index contributed by atoms with van der Waals surface area (Å²) in [5.74, 6) is -0.518. The first-order chi connectivity index (χ1) is 7.54. The van der Waals surface area contributed by atoms with E-state index in [0.29, 0.717) is 5.56 Å². The molecule has 0 aliphatic heterocycles. The number of carbonyl (C=O) groups is 1. The molecule has 0 fully saturated rings. The van der Waals surface area contributed by atoms with Gasteiger partial charge in [-0.1, -0.05) is 12.1 Å². The summed E-state index contributed by atoms with van der Waals surface area (Å²) < 4.78 is 13.0. The van der Waals surface area contributed by atoms with E-state index in [9.17, 15) is 14.3 Å². The van der Waals surface area contributed by atoms with Crippen LogP contribution in [-0.2, 0) is 5.54 Å². The van der Waals surface area contributed by atoms with Gasteiger partial charge in [0.1, 0.15) is 11.4 Å². The molecule has 1 aromatic rings. The summed E-state index contributed by atoms with van der Waals surface area (Å²) in [5, 5.41) is 20.0. The number of nitrogens with two attached hydrogens (primary N) is 1. The van der Waals surface area contributed by atoms with Crippen molar-refractivity contribution in [2.24, 2.45) is 5.73 Å². The molecule has 1 rings (SSSR count). The number of aliphatic hydroxyl groups is 1. The highest BCUT2D eigenvalue weighted by atomic mass is 19.1. The van der Waals surface area contributed by atoms with Crippen molar-refractivity contribution in [3.05, 3.63) is 35.6 Å². The second kappa shape index (κ2) is 4.91. The molecule has 5 N–H and O–H groups in total. The normalized spacial score (nSPS) is 14.2. The zero-order valence-electron chi connectivity index (χ0n) is 8.48. The van der Waals surface area contributed by atoms with E-state index in [1.54, 1.807) is 0 Å². The van der Waals surface area contributed by atoms with E-state index in [2.05, 4.69) is 5.32 Å². The van der Waals surface area contributed by atoms with Crippen LogP contribution < -0.4 is 11.1 Å². The first-order valence-electron chi connectivity index (χ1n) is 4.62. The van der Waals surface area contributed by atoms with Crippen LogP contribution in [0.3, 0.4) is 0 Å². The Morgan fingerprint density at radius 2 is 2.25 bits per heavy atom. The van der Waals surface area contributed by atoms with Gasteiger partial charge in [-0.05, 0) is 17.7 Å². The number of amides is 1. The number of hydrogen-bond acceptors (Lipinski definition) is 3. The van der Waals surface area contributed by atoms with Crippen molar-refractivity contribution in [3.63, 3.8) is 0 Å². The van der Waals surface area contributed by atoms with Crippen molar-refractivity contribution >= 4 is 6.09 Å². The molecule has 0 aliphatic carbocycles. The number of carboxylic acid groups (broad SMARTS) is 1. The highest BCUT2D eigenvalue weighted by Crippen LogP contribution is 2.20. The molecule has 0 spiro atoms. The highest BCUT2D eigenvalue weighted by molar-refractivity contribution is 5.66. The Hall–Kier alpha value is -1.66. The van der Waals surface area contributed by atoms with E-state index in [1.807, 2.05) is 0 Å². The predicted octanol–water partition coefficient (Wildman–Crippen LogP) is 0.240. The molecule has 0 aliphatic rings. The highest BCUT2D eigenvalue weighted by Gasteiger charge is 2.32. The first-order valence-corrected chi connectivity index (χ1v) is 4.62. The Labute approximate surface area is 91.7 Å². The second-order valence-corrected chi connectivity index (χ2v) is 3.38. The summed E-state index contributed by atoms with van der Waals surface area (Å²) in [6, 6.07) is 5.29. The lowest BCUT2D eigenvalue weighted by Gasteiger charge is -2.30. The van der Waals surface area contributed by atoms with Crippen molar-refractivity contribution in [2.45, 2.75) is 5.54 Å². The summed E-state index contributed by atoms with van der Waals surface area (Å²) in [4.78, 5) is 10.6. The summed E-state index contributed by atoms with van der Waals surface area (Å²) in [6.45, 7) is -0.710. The monoisotopic (exact) mass is 228 g/mol. The third kappa shape index (κ3) is 2.47. The van der Waals surface area contributed by atoms with Gasteiger partial charge in [-0.3, -0.25) is 0 Å². The lowest BCUT2D eigenvalue weighted by molar-refractivity contribution is 0.140. The summed E-state index contributed by atoms with van der Waals surface area (Å²) in [5.41, 5.74) is 4.36. The van der Waals surface area contributed by atoms with Crippen LogP contribution in [0.15, 0.2) is 24.3 Å². The minimum absolute atomic E-state index is 0.167. The second-order valence-electron chi connectivity index (χ2n) is 3.38. The first kappa shape index (κ1) is 12.4. The molecule has 16 heavy (non-hydrogen) atoms. The van der Waals surface area contributed by atoms with E-state index < -0.39 is 24.1 Å². The Morgan fingerprint density at radius 1 is 1.56 bits per heavy atom. The summed E-state index contributed by atoms with van der Waals surface area (Å²) in [7, 11) is 0. The van der Waals surface area contributed by atoms with Crippen LogP contribution in [0.4, 0.5) is 9.18 Å². The molecule has 5 nitrogen and oxygen atoms in total. The van der Waals surface area contributed by atoms with Crippen molar-refractivity contribution < 1.29 is 19.4 Å². The van der Waals surface area contributed by atoms with Gasteiger partial charge in [0.05, 0.1) is 6.61 Å². The molecule has 0 radical (unpaired) electrons. The lowest BCUT2D eigenvalue weighted by Crippen LogP contribution is -2.53. The number of halogens is 1. The Bertz CT molecular complexity index is 380. The van der Waals surface area contributed by atoms with Crippen molar-refractivity contribution in [3.8, 4) is 0 Å². The standard InChI is InChI=1S/C10H13FN2O3/c11-8-3-1-2-7(4-8)10(5-12,6-14)13-9(15)16/h1-4,13-14H,5-6,12H2,(H,15,16). The molecule has 0 saturated heterocycles. The molecular formula is C10H13FN2O3. The molecule has 1 unspecified atom stereocenters. The maximum absolute atomic E-state index is 13.0. The molecule has 0 aromatic heterocycles. The summed E-state index contributed by atoms with van der Waals surface area (Å²) in [6.07, 6.45) is -1.33. The number of benzene rings is 1. The molecule has 6 heteroatoms. The van der Waals surface area contributed by atoms with E-state index >= 15 is 0 Å². The fourth-order valence-electron chi connectivity index (χ4n) is 1.43. The topological polar surface area (TPSA) is 95.6 Å². The van der Waals surface area contributed by atoms with Crippen LogP contribution in [0.25, 0.3) is 0 Å². The van der Waals surface area contributed by atoms with Crippen molar-refractivity contribution in [1.29, 1.82) is 0 Å². The number of aliphatic hydroxyl groups excluding tert-OH is 1. The molecule has 0 heterocycles. The van der Waals surface area contributed by atoms with Gasteiger partial charge >= 0.3 is 6.09 Å². The predicted molar refractivity (Wildman–Crippen MR) is 55.4 cm³/mol. The third-order valence-electron chi connectivity index (χ3n) is 2.34. The van der Waals surface area contributed by atoms with Crippen LogP contribution >= 0.6 is 0 Å². The van der Waals surface area contributed by atoms with Gasteiger partial charge in [0, 0.05) is 6.54 Å². The minimum Gasteiger partial charge on any atom is -0.465 e. The largest absolute Gasteiger partial charge is 0.465 e. The molecule has 1 atom stereocenters. The van der Waals surface area contributed by atoms with E-state index in [1.165, 1.54) is 18.2 Å². The molecule has 88 valence electrons. The van der Waals surface area contributed by atoms with Gasteiger partial charge in [-0.15, -0.1) is 0 Å². The average molecular weight is 228 g/mol. The van der Waals surface area contributed by atoms with Crippen LogP contribution in [0.2, 0.25) is 0 Å². The minimum atomic E-state index is -1.37. The fraction of sp³-hybridized carbons (Fsp3) is 0.300. The number of hydrogen-bond donors (Lipinski definition) is 4. The lowest BCUT2D eigenvalue weighted by atomic mass is 9.91. The maximum Gasteiger partial charge on any atom is 0.405 e. The van der Waals surface area contributed by atoms with Gasteiger partial charge in [-0.2, -0.15) is 0 Å². The molecule has 1 amide bonds.